The molecule has 1 amide bonds. The highest BCUT2D eigenvalue weighted by Gasteiger charge is 2.05. The van der Waals surface area contributed by atoms with Crippen LogP contribution < -0.4 is 16.4 Å². The molecule has 0 saturated carbocycles. The standard InChI is InChI=1S/C17H27FN4O.HI/c1-12(2)5-4-6-13(3)21-17(19)20-11-16(23)22-15-9-7-14(18)8-10-15;/h7-10,12-13H,4-6,11H2,1-3H3,(H,22,23)(H3,19,20,21);1H. The number of amides is 1. The number of carbonyl (C=O) groups excluding carboxylic acids is 1. The number of anilines is 1. The molecule has 5 nitrogen and oxygen atoms in total. The first-order valence-corrected chi connectivity index (χ1v) is 7.98. The van der Waals surface area contributed by atoms with Gasteiger partial charge in [0.1, 0.15) is 12.4 Å². The topological polar surface area (TPSA) is 79.5 Å². The first-order chi connectivity index (χ1) is 10.9. The molecule has 1 rings (SSSR count). The van der Waals surface area contributed by atoms with Crippen molar-refractivity contribution in [2.45, 2.75) is 46.1 Å². The number of nitrogens with two attached hydrogens (primary N) is 1. The molecule has 0 aliphatic rings. The molecule has 0 aliphatic carbocycles. The Morgan fingerprint density at radius 1 is 1.21 bits per heavy atom. The van der Waals surface area contributed by atoms with Gasteiger partial charge in [-0.15, -0.1) is 24.0 Å². The van der Waals surface area contributed by atoms with Gasteiger partial charge in [-0.3, -0.25) is 4.79 Å². The maximum atomic E-state index is 12.8. The maximum Gasteiger partial charge on any atom is 0.246 e. The number of halogens is 2. The summed E-state index contributed by atoms with van der Waals surface area (Å²) < 4.78 is 12.8. The fourth-order valence-electron chi connectivity index (χ4n) is 2.09. The number of nitrogens with zero attached hydrogens (tertiary/aromatic N) is 1. The zero-order chi connectivity index (χ0) is 17.2. The second-order valence-electron chi connectivity index (χ2n) is 6.13. The lowest BCUT2D eigenvalue weighted by molar-refractivity contribution is -0.114. The third-order valence-corrected chi connectivity index (χ3v) is 3.33. The van der Waals surface area contributed by atoms with Crippen LogP contribution in [0.3, 0.4) is 0 Å². The maximum absolute atomic E-state index is 12.8. The Bertz CT molecular complexity index is 520. The second-order valence-corrected chi connectivity index (χ2v) is 6.13. The Hall–Kier alpha value is -1.38. The quantitative estimate of drug-likeness (QED) is 0.322. The molecular formula is C17H28FIN4O. The lowest BCUT2D eigenvalue weighted by Gasteiger charge is -2.15. The van der Waals surface area contributed by atoms with Crippen molar-refractivity contribution < 1.29 is 9.18 Å². The lowest BCUT2D eigenvalue weighted by atomic mass is 10.0. The Balaban J connectivity index is 0.00000529. The van der Waals surface area contributed by atoms with Crippen molar-refractivity contribution >= 4 is 41.5 Å². The van der Waals surface area contributed by atoms with Gasteiger partial charge in [-0.25, -0.2) is 9.38 Å². The van der Waals surface area contributed by atoms with Gasteiger partial charge in [-0.2, -0.15) is 0 Å². The molecule has 1 unspecified atom stereocenters. The molecule has 1 aromatic carbocycles. The molecule has 0 spiro atoms. The third kappa shape index (κ3) is 10.4. The van der Waals surface area contributed by atoms with Crippen LogP contribution in [0.15, 0.2) is 29.3 Å². The molecule has 0 heterocycles. The molecule has 1 aromatic rings. The van der Waals surface area contributed by atoms with E-state index in [4.69, 9.17) is 5.73 Å². The van der Waals surface area contributed by atoms with Gasteiger partial charge in [0.15, 0.2) is 5.96 Å². The molecule has 0 aromatic heterocycles. The minimum Gasteiger partial charge on any atom is -0.370 e. The summed E-state index contributed by atoms with van der Waals surface area (Å²) in [7, 11) is 0. The highest BCUT2D eigenvalue weighted by Crippen LogP contribution is 2.08. The van der Waals surface area contributed by atoms with Crippen LogP contribution in [0.4, 0.5) is 10.1 Å². The molecule has 0 radical (unpaired) electrons. The largest absolute Gasteiger partial charge is 0.370 e. The van der Waals surface area contributed by atoms with E-state index in [1.165, 1.54) is 30.7 Å². The van der Waals surface area contributed by atoms with Gasteiger partial charge in [0.05, 0.1) is 0 Å². The van der Waals surface area contributed by atoms with Crippen LogP contribution in [0.5, 0.6) is 0 Å². The molecule has 0 saturated heterocycles. The number of carbonyl (C=O) groups is 1. The highest BCUT2D eigenvalue weighted by atomic mass is 127. The molecule has 7 heteroatoms. The van der Waals surface area contributed by atoms with Crippen molar-refractivity contribution in [3.8, 4) is 0 Å². The van der Waals surface area contributed by atoms with Crippen molar-refractivity contribution in [3.63, 3.8) is 0 Å². The van der Waals surface area contributed by atoms with E-state index in [9.17, 15) is 9.18 Å². The highest BCUT2D eigenvalue weighted by molar-refractivity contribution is 14.0. The number of guanidine groups is 1. The number of rotatable bonds is 8. The molecule has 24 heavy (non-hydrogen) atoms. The summed E-state index contributed by atoms with van der Waals surface area (Å²) in [5.41, 5.74) is 6.30. The van der Waals surface area contributed by atoms with Crippen molar-refractivity contribution in [1.29, 1.82) is 0 Å². The first kappa shape index (κ1) is 22.6. The normalized spacial score (nSPS) is 12.5. The fourth-order valence-corrected chi connectivity index (χ4v) is 2.09. The summed E-state index contributed by atoms with van der Waals surface area (Å²) in [6.07, 6.45) is 3.32. The fraction of sp³-hybridized carbons (Fsp3) is 0.529. The van der Waals surface area contributed by atoms with Crippen molar-refractivity contribution in [2.24, 2.45) is 16.6 Å². The predicted octanol–water partition coefficient (Wildman–Crippen LogP) is 3.50. The van der Waals surface area contributed by atoms with Crippen molar-refractivity contribution in [1.82, 2.24) is 5.32 Å². The van der Waals surface area contributed by atoms with Gasteiger partial charge in [0.2, 0.25) is 5.91 Å². The summed E-state index contributed by atoms with van der Waals surface area (Å²) in [5, 5.41) is 5.71. The Labute approximate surface area is 160 Å². The number of nitrogens with one attached hydrogen (secondary N) is 2. The van der Waals surface area contributed by atoms with Gasteiger partial charge in [0, 0.05) is 11.7 Å². The van der Waals surface area contributed by atoms with Crippen LogP contribution in [-0.2, 0) is 4.79 Å². The van der Waals surface area contributed by atoms with E-state index < -0.39 is 0 Å². The summed E-state index contributed by atoms with van der Waals surface area (Å²) in [6.45, 7) is 6.37. The van der Waals surface area contributed by atoms with Crippen LogP contribution in [0.2, 0.25) is 0 Å². The monoisotopic (exact) mass is 450 g/mol. The van der Waals surface area contributed by atoms with Gasteiger partial charge >= 0.3 is 0 Å². The Morgan fingerprint density at radius 2 is 1.83 bits per heavy atom. The van der Waals surface area contributed by atoms with E-state index in [-0.39, 0.29) is 54.2 Å². The van der Waals surface area contributed by atoms with E-state index in [2.05, 4.69) is 29.5 Å². The van der Waals surface area contributed by atoms with E-state index in [0.29, 0.717) is 11.6 Å². The van der Waals surface area contributed by atoms with E-state index >= 15 is 0 Å². The Kier molecular flexibility index (Phi) is 11.4. The predicted molar refractivity (Wildman–Crippen MR) is 108 cm³/mol. The zero-order valence-electron chi connectivity index (χ0n) is 14.5. The smallest absolute Gasteiger partial charge is 0.246 e. The van der Waals surface area contributed by atoms with Crippen LogP contribution in [-0.4, -0.2) is 24.5 Å². The van der Waals surface area contributed by atoms with Crippen LogP contribution >= 0.6 is 24.0 Å². The average molecular weight is 450 g/mol. The summed E-state index contributed by atoms with van der Waals surface area (Å²) >= 11 is 0. The molecule has 1 atom stereocenters. The molecule has 0 fully saturated rings. The molecule has 4 N–H and O–H groups in total. The van der Waals surface area contributed by atoms with E-state index in [1.54, 1.807) is 0 Å². The summed E-state index contributed by atoms with van der Waals surface area (Å²) in [5.74, 6) is 0.314. The SMILES string of the molecule is CC(C)CCCC(C)NC(N)=NCC(=O)Nc1ccc(F)cc1.I. The molecule has 136 valence electrons. The zero-order valence-corrected chi connectivity index (χ0v) is 16.8. The summed E-state index contributed by atoms with van der Waals surface area (Å²) in [6, 6.07) is 5.78. The lowest BCUT2D eigenvalue weighted by Crippen LogP contribution is -2.39. The minimum atomic E-state index is -0.346. The van der Waals surface area contributed by atoms with Crippen LogP contribution in [0, 0.1) is 11.7 Å². The van der Waals surface area contributed by atoms with Gasteiger partial charge in [-0.1, -0.05) is 26.7 Å². The Morgan fingerprint density at radius 3 is 2.42 bits per heavy atom. The molecule has 0 bridgehead atoms. The number of hydrogen-bond donors (Lipinski definition) is 3. The second kappa shape index (κ2) is 12.0. The van der Waals surface area contributed by atoms with Gasteiger partial charge in [-0.05, 0) is 43.5 Å². The summed E-state index contributed by atoms with van der Waals surface area (Å²) in [4.78, 5) is 15.8. The van der Waals surface area contributed by atoms with Crippen LogP contribution in [0.25, 0.3) is 0 Å². The third-order valence-electron chi connectivity index (χ3n) is 3.33. The van der Waals surface area contributed by atoms with Crippen molar-refractivity contribution in [2.75, 3.05) is 11.9 Å². The molecule has 0 aliphatic heterocycles. The van der Waals surface area contributed by atoms with E-state index in [1.807, 2.05) is 6.92 Å². The van der Waals surface area contributed by atoms with Gasteiger partial charge in [0.25, 0.3) is 0 Å². The number of aliphatic imine (C=N–C) groups is 1. The molecular weight excluding hydrogens is 422 g/mol. The van der Waals surface area contributed by atoms with Gasteiger partial charge < -0.3 is 16.4 Å². The van der Waals surface area contributed by atoms with Crippen LogP contribution in [0.1, 0.15) is 40.0 Å². The average Bonchev–Trinajstić information content (AvgIpc) is 2.47. The minimum absolute atomic E-state index is 0. The number of hydrogen-bond acceptors (Lipinski definition) is 2. The van der Waals surface area contributed by atoms with Crippen molar-refractivity contribution in [3.05, 3.63) is 30.1 Å². The number of benzene rings is 1. The first-order valence-electron chi connectivity index (χ1n) is 7.98. The van der Waals surface area contributed by atoms with E-state index in [0.717, 1.165) is 12.8 Å².